The van der Waals surface area contributed by atoms with Crippen molar-refractivity contribution >= 4 is 40.0 Å². The van der Waals surface area contributed by atoms with Crippen molar-refractivity contribution in [3.05, 3.63) is 0 Å². The lowest BCUT2D eigenvalue weighted by Gasteiger charge is -2.17. The standard InChI is InChI=1S/C10H16N4O2S2/c1-4-14(5-2)8(16)6-17-10-13-12-9(18-10)11-7(3)15/h4-6H2,1-3H3,(H,11,12,15). The predicted octanol–water partition coefficient (Wildman–Crippen LogP) is 1.46. The normalized spacial score (nSPS) is 10.2. The van der Waals surface area contributed by atoms with E-state index in [4.69, 9.17) is 0 Å². The average Bonchev–Trinajstić information content (AvgIpc) is 2.75. The first-order valence-electron chi connectivity index (χ1n) is 5.58. The molecule has 6 nitrogen and oxygen atoms in total. The molecule has 18 heavy (non-hydrogen) atoms. The molecule has 1 rings (SSSR count). The van der Waals surface area contributed by atoms with Crippen LogP contribution in [0.2, 0.25) is 0 Å². The van der Waals surface area contributed by atoms with Crippen LogP contribution in [0.3, 0.4) is 0 Å². The number of nitrogens with zero attached hydrogens (tertiary/aromatic N) is 3. The van der Waals surface area contributed by atoms with Crippen LogP contribution in [-0.2, 0) is 9.59 Å². The number of hydrogen-bond donors (Lipinski definition) is 1. The quantitative estimate of drug-likeness (QED) is 0.633. The molecular weight excluding hydrogens is 272 g/mol. The number of hydrogen-bond acceptors (Lipinski definition) is 6. The number of anilines is 1. The summed E-state index contributed by atoms with van der Waals surface area (Å²) in [5.74, 6) is 0.249. The SMILES string of the molecule is CCN(CC)C(=O)CSc1nnc(NC(C)=O)s1. The molecule has 0 aliphatic heterocycles. The predicted molar refractivity (Wildman–Crippen MR) is 72.9 cm³/mol. The Balaban J connectivity index is 2.46. The van der Waals surface area contributed by atoms with E-state index in [1.54, 1.807) is 4.90 Å². The molecule has 100 valence electrons. The number of thioether (sulfide) groups is 1. The van der Waals surface area contributed by atoms with Crippen molar-refractivity contribution in [1.29, 1.82) is 0 Å². The van der Waals surface area contributed by atoms with Gasteiger partial charge in [-0.25, -0.2) is 0 Å². The molecule has 1 aromatic heterocycles. The Kier molecular flexibility index (Phi) is 6.06. The Morgan fingerprint density at radius 1 is 1.33 bits per heavy atom. The molecule has 0 radical (unpaired) electrons. The molecule has 0 aromatic carbocycles. The number of carbonyl (C=O) groups excluding carboxylic acids is 2. The van der Waals surface area contributed by atoms with Gasteiger partial charge in [-0.15, -0.1) is 10.2 Å². The first-order valence-corrected chi connectivity index (χ1v) is 7.38. The third-order valence-electron chi connectivity index (χ3n) is 2.12. The van der Waals surface area contributed by atoms with Crippen LogP contribution in [0.1, 0.15) is 20.8 Å². The van der Waals surface area contributed by atoms with Gasteiger partial charge in [-0.3, -0.25) is 9.59 Å². The Morgan fingerprint density at radius 3 is 2.56 bits per heavy atom. The molecular formula is C10H16N4O2S2. The summed E-state index contributed by atoms with van der Waals surface area (Å²) in [4.78, 5) is 24.3. The van der Waals surface area contributed by atoms with E-state index in [-0.39, 0.29) is 11.8 Å². The Morgan fingerprint density at radius 2 is 2.00 bits per heavy atom. The van der Waals surface area contributed by atoms with E-state index < -0.39 is 0 Å². The van der Waals surface area contributed by atoms with Crippen molar-refractivity contribution in [2.75, 3.05) is 24.2 Å². The van der Waals surface area contributed by atoms with Crippen LogP contribution in [0.4, 0.5) is 5.13 Å². The molecule has 8 heteroatoms. The summed E-state index contributed by atoms with van der Waals surface area (Å²) in [7, 11) is 0. The smallest absolute Gasteiger partial charge is 0.233 e. The Bertz CT molecular complexity index is 418. The van der Waals surface area contributed by atoms with Crippen molar-refractivity contribution in [3.63, 3.8) is 0 Å². The van der Waals surface area contributed by atoms with E-state index in [2.05, 4.69) is 15.5 Å². The maximum atomic E-state index is 11.8. The summed E-state index contributed by atoms with van der Waals surface area (Å²) in [5, 5.41) is 10.7. The zero-order valence-corrected chi connectivity index (χ0v) is 12.2. The van der Waals surface area contributed by atoms with Gasteiger partial charge in [0.25, 0.3) is 0 Å². The second-order valence-electron chi connectivity index (χ2n) is 3.41. The van der Waals surface area contributed by atoms with E-state index >= 15 is 0 Å². The van der Waals surface area contributed by atoms with Crippen molar-refractivity contribution in [2.45, 2.75) is 25.1 Å². The molecule has 0 saturated carbocycles. The number of carbonyl (C=O) groups is 2. The van der Waals surface area contributed by atoms with Crippen molar-refractivity contribution in [2.24, 2.45) is 0 Å². The number of nitrogens with one attached hydrogen (secondary N) is 1. The maximum Gasteiger partial charge on any atom is 0.233 e. The van der Waals surface area contributed by atoms with Gasteiger partial charge in [-0.1, -0.05) is 23.1 Å². The van der Waals surface area contributed by atoms with Crippen LogP contribution in [0.15, 0.2) is 4.34 Å². The summed E-state index contributed by atoms with van der Waals surface area (Å²) in [6.07, 6.45) is 0. The monoisotopic (exact) mass is 288 g/mol. The van der Waals surface area contributed by atoms with Crippen LogP contribution in [0.25, 0.3) is 0 Å². The van der Waals surface area contributed by atoms with E-state index in [9.17, 15) is 9.59 Å². The van der Waals surface area contributed by atoms with Gasteiger partial charge in [-0.2, -0.15) is 0 Å². The summed E-state index contributed by atoms with van der Waals surface area (Å²) >= 11 is 2.61. The zero-order chi connectivity index (χ0) is 13.5. The van der Waals surface area contributed by atoms with Gasteiger partial charge in [0.15, 0.2) is 4.34 Å². The lowest BCUT2D eigenvalue weighted by molar-refractivity contribution is -0.128. The molecule has 0 aliphatic rings. The van der Waals surface area contributed by atoms with E-state index in [0.29, 0.717) is 28.3 Å². The summed E-state index contributed by atoms with van der Waals surface area (Å²) < 4.78 is 0.680. The fourth-order valence-electron chi connectivity index (χ4n) is 1.26. The van der Waals surface area contributed by atoms with Crippen LogP contribution in [-0.4, -0.2) is 45.8 Å². The first kappa shape index (κ1) is 14.9. The minimum Gasteiger partial charge on any atom is -0.343 e. The Hall–Kier alpha value is -1.15. The van der Waals surface area contributed by atoms with Crippen LogP contribution >= 0.6 is 23.1 Å². The lowest BCUT2D eigenvalue weighted by atomic mass is 10.5. The highest BCUT2D eigenvalue weighted by atomic mass is 32.2. The topological polar surface area (TPSA) is 75.2 Å². The molecule has 0 atom stereocenters. The van der Waals surface area contributed by atoms with E-state index in [1.165, 1.54) is 30.0 Å². The van der Waals surface area contributed by atoms with Gasteiger partial charge >= 0.3 is 0 Å². The highest BCUT2D eigenvalue weighted by Gasteiger charge is 2.12. The second-order valence-corrected chi connectivity index (χ2v) is 5.61. The number of aromatic nitrogens is 2. The summed E-state index contributed by atoms with van der Waals surface area (Å²) in [5.41, 5.74) is 0. The molecule has 1 heterocycles. The highest BCUT2D eigenvalue weighted by Crippen LogP contribution is 2.25. The summed E-state index contributed by atoms with van der Waals surface area (Å²) in [6, 6.07) is 0. The third kappa shape index (κ3) is 4.61. The largest absolute Gasteiger partial charge is 0.343 e. The fourth-order valence-corrected chi connectivity index (χ4v) is 2.96. The first-order chi connectivity index (χ1) is 8.56. The van der Waals surface area contributed by atoms with Crippen LogP contribution in [0.5, 0.6) is 0 Å². The molecule has 0 unspecified atom stereocenters. The fraction of sp³-hybridized carbons (Fsp3) is 0.600. The van der Waals surface area contributed by atoms with Gasteiger partial charge in [0.1, 0.15) is 0 Å². The number of rotatable bonds is 6. The van der Waals surface area contributed by atoms with Crippen molar-refractivity contribution in [1.82, 2.24) is 15.1 Å². The zero-order valence-electron chi connectivity index (χ0n) is 10.6. The average molecular weight is 288 g/mol. The van der Waals surface area contributed by atoms with Gasteiger partial charge < -0.3 is 10.2 Å². The molecule has 1 aromatic rings. The maximum absolute atomic E-state index is 11.8. The van der Waals surface area contributed by atoms with Crippen LogP contribution < -0.4 is 5.32 Å². The second kappa shape index (κ2) is 7.32. The van der Waals surface area contributed by atoms with E-state index in [0.717, 1.165) is 0 Å². The third-order valence-corrected chi connectivity index (χ3v) is 4.08. The van der Waals surface area contributed by atoms with Crippen LogP contribution in [0, 0.1) is 0 Å². The molecule has 0 saturated heterocycles. The number of amides is 2. The van der Waals surface area contributed by atoms with E-state index in [1.807, 2.05) is 13.8 Å². The Labute approximate surface area is 114 Å². The van der Waals surface area contributed by atoms with Gasteiger partial charge in [0.2, 0.25) is 16.9 Å². The minimum atomic E-state index is -0.179. The molecule has 0 aliphatic carbocycles. The van der Waals surface area contributed by atoms with Gasteiger partial charge in [0, 0.05) is 20.0 Å². The molecule has 0 fully saturated rings. The summed E-state index contributed by atoms with van der Waals surface area (Å²) in [6.45, 7) is 6.74. The highest BCUT2D eigenvalue weighted by molar-refractivity contribution is 8.01. The van der Waals surface area contributed by atoms with Crippen molar-refractivity contribution in [3.8, 4) is 0 Å². The van der Waals surface area contributed by atoms with Gasteiger partial charge in [-0.05, 0) is 13.8 Å². The minimum absolute atomic E-state index is 0.0845. The lowest BCUT2D eigenvalue weighted by Crippen LogP contribution is -2.31. The molecule has 2 amide bonds. The molecule has 1 N–H and O–H groups in total. The molecule has 0 spiro atoms. The van der Waals surface area contributed by atoms with Gasteiger partial charge in [0.05, 0.1) is 5.75 Å². The molecule has 0 bridgehead atoms. The van der Waals surface area contributed by atoms with Crippen molar-refractivity contribution < 1.29 is 9.59 Å².